The minimum absolute atomic E-state index is 0.161. The van der Waals surface area contributed by atoms with E-state index in [0.717, 1.165) is 0 Å². The molecule has 0 amide bonds. The summed E-state index contributed by atoms with van der Waals surface area (Å²) in [6.45, 7) is 4.56. The van der Waals surface area contributed by atoms with Crippen LogP contribution in [0.3, 0.4) is 0 Å². The predicted octanol–water partition coefficient (Wildman–Crippen LogP) is 3.66. The second kappa shape index (κ2) is 6.84. The average Bonchev–Trinajstić information content (AvgIpc) is 2.52. The van der Waals surface area contributed by atoms with Gasteiger partial charge in [-0.05, 0) is 41.3 Å². The van der Waals surface area contributed by atoms with E-state index in [1.54, 1.807) is 24.3 Å². The molecule has 0 spiro atoms. The van der Waals surface area contributed by atoms with Gasteiger partial charge in [0.15, 0.2) is 0 Å². The van der Waals surface area contributed by atoms with Crippen molar-refractivity contribution in [3.05, 3.63) is 47.5 Å². The Hall–Kier alpha value is -3.00. The summed E-state index contributed by atoms with van der Waals surface area (Å²) < 4.78 is 5.61. The molecule has 0 saturated heterocycles. The van der Waals surface area contributed by atoms with Gasteiger partial charge in [0.2, 0.25) is 0 Å². The molecule has 0 aliphatic rings. The lowest BCUT2D eigenvalue weighted by Gasteiger charge is -2.11. The van der Waals surface area contributed by atoms with E-state index < -0.39 is 5.97 Å². The number of phenols is 1. The van der Waals surface area contributed by atoms with Crippen LogP contribution in [-0.4, -0.2) is 22.8 Å². The number of aromatic hydroxyl groups is 1. The van der Waals surface area contributed by atoms with Gasteiger partial charge < -0.3 is 14.9 Å². The lowest BCUT2D eigenvalue weighted by atomic mass is 10.0. The molecule has 0 saturated carbocycles. The maximum atomic E-state index is 10.9. The molecule has 5 nitrogen and oxygen atoms in total. The molecule has 0 aromatic heterocycles. The third kappa shape index (κ3) is 3.80. The Bertz CT molecular complexity index is 775. The largest absolute Gasteiger partial charge is 0.507 e. The summed E-state index contributed by atoms with van der Waals surface area (Å²) in [7, 11) is 0. The van der Waals surface area contributed by atoms with Crippen LogP contribution < -0.4 is 4.74 Å². The Kier molecular flexibility index (Phi) is 4.87. The van der Waals surface area contributed by atoms with Crippen LogP contribution >= 0.6 is 0 Å². The first-order chi connectivity index (χ1) is 10.9. The zero-order chi connectivity index (χ0) is 17.0. The fourth-order valence-electron chi connectivity index (χ4n) is 2.07. The van der Waals surface area contributed by atoms with Gasteiger partial charge in [-0.2, -0.15) is 5.26 Å². The molecule has 0 aliphatic carbocycles. The molecular formula is C18H17NO4. The van der Waals surface area contributed by atoms with E-state index in [1.165, 1.54) is 12.1 Å². The molecule has 0 atom stereocenters. The molecule has 0 aliphatic heterocycles. The second-order valence-corrected chi connectivity index (χ2v) is 5.56. The highest BCUT2D eigenvalue weighted by Gasteiger charge is 2.12. The van der Waals surface area contributed by atoms with Gasteiger partial charge in [0.1, 0.15) is 23.1 Å². The summed E-state index contributed by atoms with van der Waals surface area (Å²) in [5.74, 6) is -0.643. The number of nitrogens with zero attached hydrogens (tertiary/aromatic N) is 1. The van der Waals surface area contributed by atoms with Crippen LogP contribution in [-0.2, 0) is 0 Å². The predicted molar refractivity (Wildman–Crippen MR) is 85.6 cm³/mol. The third-order valence-corrected chi connectivity index (χ3v) is 3.23. The maximum Gasteiger partial charge on any atom is 0.339 e. The van der Waals surface area contributed by atoms with Crippen molar-refractivity contribution < 1.29 is 19.7 Å². The molecule has 2 aromatic carbocycles. The van der Waals surface area contributed by atoms with E-state index in [2.05, 4.69) is 6.07 Å². The molecule has 118 valence electrons. The van der Waals surface area contributed by atoms with Crippen LogP contribution in [0.15, 0.2) is 36.4 Å². The molecule has 2 aromatic rings. The summed E-state index contributed by atoms with van der Waals surface area (Å²) >= 11 is 0. The first-order valence-corrected chi connectivity index (χ1v) is 7.16. The van der Waals surface area contributed by atoms with Crippen molar-refractivity contribution in [1.82, 2.24) is 0 Å². The standard InChI is InChI=1S/C18H17NO4/c1-11(2)10-23-17-6-4-12(7-14(17)9-19)13-3-5-15(18(21)22)16(20)8-13/h3-8,11,20H,10H2,1-2H3,(H,21,22). The van der Waals surface area contributed by atoms with Gasteiger partial charge in [-0.3, -0.25) is 0 Å². The van der Waals surface area contributed by atoms with Gasteiger partial charge in [-0.1, -0.05) is 26.0 Å². The Morgan fingerprint density at radius 2 is 1.87 bits per heavy atom. The van der Waals surface area contributed by atoms with Crippen molar-refractivity contribution in [1.29, 1.82) is 5.26 Å². The number of hydrogen-bond acceptors (Lipinski definition) is 4. The van der Waals surface area contributed by atoms with Gasteiger partial charge in [0.05, 0.1) is 12.2 Å². The van der Waals surface area contributed by atoms with Crippen molar-refractivity contribution in [3.8, 4) is 28.7 Å². The quantitative estimate of drug-likeness (QED) is 0.879. The van der Waals surface area contributed by atoms with Crippen LogP contribution in [0.5, 0.6) is 11.5 Å². The van der Waals surface area contributed by atoms with Gasteiger partial charge in [-0.15, -0.1) is 0 Å². The van der Waals surface area contributed by atoms with E-state index >= 15 is 0 Å². The number of nitriles is 1. The van der Waals surface area contributed by atoms with Crippen LogP contribution in [0.4, 0.5) is 0 Å². The molecular weight excluding hydrogens is 294 g/mol. The Labute approximate surface area is 134 Å². The third-order valence-electron chi connectivity index (χ3n) is 3.23. The SMILES string of the molecule is CC(C)COc1ccc(-c2ccc(C(=O)O)c(O)c2)cc1C#N. The molecule has 0 unspecified atom stereocenters. The van der Waals surface area contributed by atoms with Gasteiger partial charge >= 0.3 is 5.97 Å². The molecule has 0 bridgehead atoms. The minimum atomic E-state index is -1.19. The zero-order valence-corrected chi connectivity index (χ0v) is 12.9. The van der Waals surface area contributed by atoms with Gasteiger partial charge in [-0.25, -0.2) is 4.79 Å². The Morgan fingerprint density at radius 3 is 2.43 bits per heavy atom. The second-order valence-electron chi connectivity index (χ2n) is 5.56. The van der Waals surface area contributed by atoms with Crippen molar-refractivity contribution in [2.75, 3.05) is 6.61 Å². The molecule has 0 radical (unpaired) electrons. The number of hydrogen-bond donors (Lipinski definition) is 2. The van der Waals surface area contributed by atoms with Crippen LogP contribution in [0, 0.1) is 17.2 Å². The number of aromatic carboxylic acids is 1. The summed E-state index contributed by atoms with van der Waals surface area (Å²) in [5.41, 5.74) is 1.56. The van der Waals surface area contributed by atoms with Gasteiger partial charge in [0, 0.05) is 0 Å². The summed E-state index contributed by atoms with van der Waals surface area (Å²) in [4.78, 5) is 10.9. The molecule has 0 fully saturated rings. The van der Waals surface area contributed by atoms with Crippen molar-refractivity contribution >= 4 is 5.97 Å². The van der Waals surface area contributed by atoms with Gasteiger partial charge in [0.25, 0.3) is 0 Å². The lowest BCUT2D eigenvalue weighted by Crippen LogP contribution is -2.05. The molecule has 5 heteroatoms. The highest BCUT2D eigenvalue weighted by molar-refractivity contribution is 5.91. The summed E-state index contributed by atoms with van der Waals surface area (Å²) in [6, 6.07) is 11.5. The van der Waals surface area contributed by atoms with E-state index in [0.29, 0.717) is 35.0 Å². The van der Waals surface area contributed by atoms with Crippen LogP contribution in [0.1, 0.15) is 29.8 Å². The van der Waals surface area contributed by atoms with Crippen molar-refractivity contribution in [2.24, 2.45) is 5.92 Å². The van der Waals surface area contributed by atoms with Crippen molar-refractivity contribution in [3.63, 3.8) is 0 Å². The Morgan fingerprint density at radius 1 is 1.22 bits per heavy atom. The number of ether oxygens (including phenoxy) is 1. The van der Waals surface area contributed by atoms with E-state index in [1.807, 2.05) is 13.8 Å². The van der Waals surface area contributed by atoms with E-state index in [9.17, 15) is 15.2 Å². The van der Waals surface area contributed by atoms with Crippen LogP contribution in [0.2, 0.25) is 0 Å². The highest BCUT2D eigenvalue weighted by Crippen LogP contribution is 2.30. The molecule has 0 heterocycles. The fraction of sp³-hybridized carbons (Fsp3) is 0.222. The molecule has 23 heavy (non-hydrogen) atoms. The lowest BCUT2D eigenvalue weighted by molar-refractivity contribution is 0.0694. The summed E-state index contributed by atoms with van der Waals surface area (Å²) in [5, 5.41) is 28.0. The number of carboxylic acid groups (broad SMARTS) is 1. The fourth-order valence-corrected chi connectivity index (χ4v) is 2.07. The topological polar surface area (TPSA) is 90.6 Å². The number of carboxylic acids is 1. The van der Waals surface area contributed by atoms with E-state index in [-0.39, 0.29) is 11.3 Å². The molecule has 2 rings (SSSR count). The summed E-state index contributed by atoms with van der Waals surface area (Å²) in [6.07, 6.45) is 0. The van der Waals surface area contributed by atoms with Crippen LogP contribution in [0.25, 0.3) is 11.1 Å². The maximum absolute atomic E-state index is 10.9. The minimum Gasteiger partial charge on any atom is -0.507 e. The smallest absolute Gasteiger partial charge is 0.339 e. The number of benzene rings is 2. The highest BCUT2D eigenvalue weighted by atomic mass is 16.5. The number of carbonyl (C=O) groups is 1. The molecule has 2 N–H and O–H groups in total. The average molecular weight is 311 g/mol. The first-order valence-electron chi connectivity index (χ1n) is 7.16. The number of rotatable bonds is 5. The normalized spacial score (nSPS) is 10.3. The Balaban J connectivity index is 2.36. The van der Waals surface area contributed by atoms with Crippen molar-refractivity contribution in [2.45, 2.75) is 13.8 Å². The monoisotopic (exact) mass is 311 g/mol. The zero-order valence-electron chi connectivity index (χ0n) is 12.9. The van der Waals surface area contributed by atoms with E-state index in [4.69, 9.17) is 9.84 Å². The first kappa shape index (κ1) is 16.4.